The van der Waals surface area contributed by atoms with Gasteiger partial charge in [0, 0.05) is 25.7 Å². The van der Waals surface area contributed by atoms with Crippen molar-refractivity contribution in [3.63, 3.8) is 0 Å². The maximum Gasteiger partial charge on any atom is 0.472 e. The van der Waals surface area contributed by atoms with E-state index < -0.39 is 97.5 Å². The predicted molar refractivity (Wildman–Crippen MR) is 395 cm³/mol. The Morgan fingerprint density at radius 3 is 0.701 bits per heavy atom. The van der Waals surface area contributed by atoms with Crippen molar-refractivity contribution in [2.75, 3.05) is 39.6 Å². The Labute approximate surface area is 594 Å². The predicted octanol–water partition coefficient (Wildman–Crippen LogP) is 23.1. The maximum atomic E-state index is 13.1. The monoisotopic (exact) mass is 1420 g/mol. The van der Waals surface area contributed by atoms with E-state index in [0.717, 1.165) is 102 Å². The van der Waals surface area contributed by atoms with Crippen LogP contribution in [0, 0.1) is 11.8 Å². The number of phosphoric ester groups is 2. The van der Waals surface area contributed by atoms with Gasteiger partial charge in [-0.15, -0.1) is 0 Å². The molecular formula is C78H152O17P2. The SMILES string of the molecule is CCCCCCCCCCCCCCCCCCCCCC(=O)O[C@H](COC(=O)CCCCCCCCCCCCCCCC(C)C)COP(=O)(O)OC[C@@H](O)COP(=O)(O)OC[C@@H](COC(=O)CCCCCCCCCC(C)C)OC(=O)CCCCCCCCCCCCCC. The van der Waals surface area contributed by atoms with Crippen molar-refractivity contribution in [2.24, 2.45) is 11.8 Å². The standard InChI is InChI=1S/C78H152O17P2/c1-7-9-11-13-15-17-19-21-22-23-24-25-26-29-34-38-44-51-57-63-78(83)94-73(66-88-75(80)60-54-48-42-36-33-30-27-28-31-35-40-46-52-58-70(3)4)68-92-96(84,85)90-64-72(79)65-91-97(86,87)93-69-74(67-89-76(81)61-55-49-45-39-41-47-53-59-71(5)6)95-77(82)62-56-50-43-37-32-20-18-16-14-12-10-8-2/h70-74,79H,7-69H2,1-6H3,(H,84,85)(H,86,87)/t72-,73-,74-/m1/s1. The van der Waals surface area contributed by atoms with Gasteiger partial charge >= 0.3 is 39.5 Å². The van der Waals surface area contributed by atoms with Gasteiger partial charge in [-0.25, -0.2) is 9.13 Å². The minimum atomic E-state index is -4.96. The van der Waals surface area contributed by atoms with Crippen molar-refractivity contribution in [2.45, 2.75) is 426 Å². The molecule has 0 rings (SSSR count). The molecule has 0 heterocycles. The van der Waals surface area contributed by atoms with Gasteiger partial charge in [0.05, 0.1) is 26.4 Å². The first kappa shape index (κ1) is 95.1. The molecule has 0 aromatic rings. The number of aliphatic hydroxyl groups excluding tert-OH is 1. The highest BCUT2D eigenvalue weighted by Gasteiger charge is 2.30. The molecule has 0 fully saturated rings. The average Bonchev–Trinajstić information content (AvgIpc) is 1.31. The second-order valence-electron chi connectivity index (χ2n) is 29.1. The molecule has 0 amide bonds. The Morgan fingerprint density at radius 1 is 0.278 bits per heavy atom. The molecule has 0 saturated heterocycles. The van der Waals surface area contributed by atoms with E-state index in [1.54, 1.807) is 0 Å². The van der Waals surface area contributed by atoms with E-state index in [0.29, 0.717) is 31.6 Å². The lowest BCUT2D eigenvalue weighted by Gasteiger charge is -2.21. The fourth-order valence-electron chi connectivity index (χ4n) is 12.0. The summed E-state index contributed by atoms with van der Waals surface area (Å²) in [7, 11) is -9.91. The molecule has 19 heteroatoms. The molecule has 0 radical (unpaired) electrons. The van der Waals surface area contributed by atoms with Crippen LogP contribution in [0.15, 0.2) is 0 Å². The average molecular weight is 1420 g/mol. The highest BCUT2D eigenvalue weighted by atomic mass is 31.2. The summed E-state index contributed by atoms with van der Waals surface area (Å²) >= 11 is 0. The third-order valence-corrected chi connectivity index (χ3v) is 20.1. The number of rotatable bonds is 77. The molecule has 0 aliphatic heterocycles. The fourth-order valence-corrected chi connectivity index (χ4v) is 13.6. The van der Waals surface area contributed by atoms with Crippen molar-refractivity contribution in [3.8, 4) is 0 Å². The normalized spacial score (nSPS) is 14.0. The van der Waals surface area contributed by atoms with Crippen LogP contribution in [0.2, 0.25) is 0 Å². The van der Waals surface area contributed by atoms with E-state index in [1.165, 1.54) is 218 Å². The highest BCUT2D eigenvalue weighted by Crippen LogP contribution is 2.45. The Hall–Kier alpha value is -1.94. The Kier molecular flexibility index (Phi) is 68.4. The third kappa shape index (κ3) is 72.2. The molecule has 0 aromatic carbocycles. The van der Waals surface area contributed by atoms with Crippen LogP contribution < -0.4 is 0 Å². The van der Waals surface area contributed by atoms with E-state index in [2.05, 4.69) is 41.5 Å². The van der Waals surface area contributed by atoms with E-state index in [4.69, 9.17) is 37.0 Å². The second kappa shape index (κ2) is 69.8. The first-order valence-corrected chi connectivity index (χ1v) is 43.5. The molecule has 17 nitrogen and oxygen atoms in total. The highest BCUT2D eigenvalue weighted by molar-refractivity contribution is 7.47. The van der Waals surface area contributed by atoms with E-state index in [1.807, 2.05) is 0 Å². The van der Waals surface area contributed by atoms with E-state index in [-0.39, 0.29) is 25.7 Å². The zero-order valence-electron chi connectivity index (χ0n) is 63.4. The molecule has 2 unspecified atom stereocenters. The second-order valence-corrected chi connectivity index (χ2v) is 32.0. The molecule has 97 heavy (non-hydrogen) atoms. The molecule has 0 bridgehead atoms. The minimum absolute atomic E-state index is 0.107. The number of hydrogen-bond acceptors (Lipinski definition) is 15. The number of aliphatic hydroxyl groups is 1. The summed E-state index contributed by atoms with van der Waals surface area (Å²) in [6.45, 7) is 9.57. The lowest BCUT2D eigenvalue weighted by molar-refractivity contribution is -0.161. The van der Waals surface area contributed by atoms with Crippen molar-refractivity contribution in [1.82, 2.24) is 0 Å². The Balaban J connectivity index is 5.23. The number of ether oxygens (including phenoxy) is 4. The van der Waals surface area contributed by atoms with Gasteiger partial charge in [-0.1, -0.05) is 356 Å². The summed E-state index contributed by atoms with van der Waals surface area (Å²) in [6.07, 6.45) is 58.3. The number of carbonyl (C=O) groups excluding carboxylic acids is 4. The van der Waals surface area contributed by atoms with E-state index in [9.17, 15) is 43.2 Å². The van der Waals surface area contributed by atoms with Crippen LogP contribution >= 0.6 is 15.6 Å². The Bertz CT molecular complexity index is 1870. The van der Waals surface area contributed by atoms with Crippen LogP contribution in [0.3, 0.4) is 0 Å². The summed E-state index contributed by atoms with van der Waals surface area (Å²) < 4.78 is 68.6. The van der Waals surface area contributed by atoms with Gasteiger partial charge in [0.25, 0.3) is 0 Å². The first-order chi connectivity index (χ1) is 46.9. The molecule has 0 aromatic heterocycles. The molecule has 3 N–H and O–H groups in total. The van der Waals surface area contributed by atoms with Crippen LogP contribution in [0.4, 0.5) is 0 Å². The lowest BCUT2D eigenvalue weighted by Crippen LogP contribution is -2.30. The van der Waals surface area contributed by atoms with Gasteiger partial charge in [0.1, 0.15) is 19.3 Å². The molecule has 0 aliphatic carbocycles. The maximum absolute atomic E-state index is 13.1. The van der Waals surface area contributed by atoms with Crippen molar-refractivity contribution in [3.05, 3.63) is 0 Å². The van der Waals surface area contributed by atoms with Gasteiger partial charge in [-0.2, -0.15) is 0 Å². The summed E-state index contributed by atoms with van der Waals surface area (Å²) in [5.41, 5.74) is 0. The van der Waals surface area contributed by atoms with E-state index >= 15 is 0 Å². The van der Waals surface area contributed by atoms with Crippen molar-refractivity contribution in [1.29, 1.82) is 0 Å². The number of unbranched alkanes of at least 4 members (excludes halogenated alkanes) is 47. The molecular weight excluding hydrogens is 1270 g/mol. The fraction of sp³-hybridized carbons (Fsp3) is 0.949. The topological polar surface area (TPSA) is 237 Å². The minimum Gasteiger partial charge on any atom is -0.462 e. The van der Waals surface area contributed by atoms with Gasteiger partial charge in [0.2, 0.25) is 0 Å². The summed E-state index contributed by atoms with van der Waals surface area (Å²) in [4.78, 5) is 72.9. The van der Waals surface area contributed by atoms with Crippen LogP contribution in [0.1, 0.15) is 408 Å². The van der Waals surface area contributed by atoms with Crippen molar-refractivity contribution < 1.29 is 80.2 Å². The summed E-state index contributed by atoms with van der Waals surface area (Å²) in [5, 5.41) is 10.6. The summed E-state index contributed by atoms with van der Waals surface area (Å²) in [6, 6.07) is 0. The van der Waals surface area contributed by atoms with Crippen molar-refractivity contribution >= 4 is 39.5 Å². The Morgan fingerprint density at radius 2 is 0.474 bits per heavy atom. The third-order valence-electron chi connectivity index (χ3n) is 18.2. The zero-order valence-corrected chi connectivity index (χ0v) is 65.2. The number of hydrogen-bond donors (Lipinski definition) is 3. The molecule has 0 spiro atoms. The van der Waals surface area contributed by atoms with Crippen LogP contribution in [0.25, 0.3) is 0 Å². The zero-order chi connectivity index (χ0) is 71.4. The van der Waals surface area contributed by atoms with Crippen LogP contribution in [-0.2, 0) is 65.4 Å². The van der Waals surface area contributed by atoms with Gasteiger partial charge in [-0.05, 0) is 37.5 Å². The number of phosphoric acid groups is 2. The smallest absolute Gasteiger partial charge is 0.462 e. The van der Waals surface area contributed by atoms with Crippen LogP contribution in [0.5, 0.6) is 0 Å². The van der Waals surface area contributed by atoms with Gasteiger partial charge in [0.15, 0.2) is 12.2 Å². The number of esters is 4. The molecule has 5 atom stereocenters. The van der Waals surface area contributed by atoms with Gasteiger partial charge in [-0.3, -0.25) is 37.3 Å². The number of carbonyl (C=O) groups is 4. The lowest BCUT2D eigenvalue weighted by atomic mass is 10.0. The molecule has 0 saturated carbocycles. The molecule has 576 valence electrons. The largest absolute Gasteiger partial charge is 0.472 e. The van der Waals surface area contributed by atoms with Crippen LogP contribution in [-0.4, -0.2) is 96.7 Å². The first-order valence-electron chi connectivity index (χ1n) is 40.5. The molecule has 0 aliphatic rings. The quantitative estimate of drug-likeness (QED) is 0.0222. The summed E-state index contributed by atoms with van der Waals surface area (Å²) in [5.74, 6) is -0.616. The van der Waals surface area contributed by atoms with Gasteiger partial charge < -0.3 is 33.8 Å².